The largest absolute Gasteiger partial charge is 0.352 e. The predicted molar refractivity (Wildman–Crippen MR) is 122 cm³/mol. The van der Waals surface area contributed by atoms with E-state index >= 15 is 0 Å². The standard InChI is InChI=1S/C26H32N2O/c1-5-7-10-20(6-2)17-27-26(29)23-16-25(21-14-13-18(3)19(4)15-21)28-24-12-9-8-11-22(23)24/h8-9,11-16,20H,5-7,10,17H2,1-4H3,(H,27,29)/t20-/m0/s1. The molecule has 0 aliphatic carbocycles. The predicted octanol–water partition coefficient (Wildman–Crippen LogP) is 6.46. The zero-order valence-corrected chi connectivity index (χ0v) is 18.1. The third kappa shape index (κ3) is 5.03. The van der Waals surface area contributed by atoms with E-state index in [1.807, 2.05) is 30.3 Å². The van der Waals surface area contributed by atoms with E-state index in [1.165, 1.54) is 24.0 Å². The van der Waals surface area contributed by atoms with Gasteiger partial charge in [0.15, 0.2) is 0 Å². The SMILES string of the molecule is CCCC[C@H](CC)CNC(=O)c1cc(-c2ccc(C)c(C)c2)nc2ccccc12. The number of nitrogens with zero attached hydrogens (tertiary/aromatic N) is 1. The molecule has 29 heavy (non-hydrogen) atoms. The maximum Gasteiger partial charge on any atom is 0.252 e. The molecule has 0 saturated heterocycles. The van der Waals surface area contributed by atoms with Crippen molar-refractivity contribution in [3.05, 3.63) is 65.2 Å². The Balaban J connectivity index is 1.93. The van der Waals surface area contributed by atoms with Crippen LogP contribution in [-0.2, 0) is 0 Å². The first-order chi connectivity index (χ1) is 14.0. The van der Waals surface area contributed by atoms with Gasteiger partial charge in [-0.05, 0) is 55.5 Å². The van der Waals surface area contributed by atoms with Crippen LogP contribution in [0.1, 0.15) is 61.0 Å². The van der Waals surface area contributed by atoms with Gasteiger partial charge in [0.2, 0.25) is 0 Å². The summed E-state index contributed by atoms with van der Waals surface area (Å²) in [5.41, 5.74) is 5.92. The highest BCUT2D eigenvalue weighted by molar-refractivity contribution is 6.07. The molecule has 0 spiro atoms. The molecule has 0 saturated carbocycles. The molecule has 0 radical (unpaired) electrons. The summed E-state index contributed by atoms with van der Waals surface area (Å²) in [5, 5.41) is 4.09. The van der Waals surface area contributed by atoms with Gasteiger partial charge in [0.1, 0.15) is 0 Å². The molecule has 152 valence electrons. The Kier molecular flexibility index (Phi) is 7.03. The number of rotatable bonds is 8. The number of aryl methyl sites for hydroxylation is 2. The number of pyridine rings is 1. The molecule has 1 atom stereocenters. The van der Waals surface area contributed by atoms with Crippen molar-refractivity contribution in [2.45, 2.75) is 53.4 Å². The van der Waals surface area contributed by atoms with Gasteiger partial charge in [-0.2, -0.15) is 0 Å². The maximum atomic E-state index is 13.1. The first kappa shape index (κ1) is 21.0. The summed E-state index contributed by atoms with van der Waals surface area (Å²) in [5.74, 6) is 0.523. The number of benzene rings is 2. The van der Waals surface area contributed by atoms with Gasteiger partial charge in [-0.1, -0.05) is 63.4 Å². The Morgan fingerprint density at radius 2 is 1.83 bits per heavy atom. The highest BCUT2D eigenvalue weighted by Crippen LogP contribution is 2.26. The summed E-state index contributed by atoms with van der Waals surface area (Å²) in [4.78, 5) is 17.9. The maximum absolute atomic E-state index is 13.1. The lowest BCUT2D eigenvalue weighted by Gasteiger charge is -2.16. The van der Waals surface area contributed by atoms with Crippen LogP contribution in [0.25, 0.3) is 22.2 Å². The van der Waals surface area contributed by atoms with Crippen LogP contribution >= 0.6 is 0 Å². The van der Waals surface area contributed by atoms with E-state index in [0.29, 0.717) is 11.5 Å². The first-order valence-electron chi connectivity index (χ1n) is 10.8. The molecule has 0 fully saturated rings. The van der Waals surface area contributed by atoms with Gasteiger partial charge >= 0.3 is 0 Å². The van der Waals surface area contributed by atoms with Crippen LogP contribution in [0.4, 0.5) is 0 Å². The van der Waals surface area contributed by atoms with Crippen molar-refractivity contribution in [3.8, 4) is 11.3 Å². The second-order valence-electron chi connectivity index (χ2n) is 8.00. The second-order valence-corrected chi connectivity index (χ2v) is 8.00. The van der Waals surface area contributed by atoms with Crippen LogP contribution in [0.15, 0.2) is 48.5 Å². The summed E-state index contributed by atoms with van der Waals surface area (Å²) < 4.78 is 0. The lowest BCUT2D eigenvalue weighted by atomic mass is 9.98. The molecule has 1 aromatic heterocycles. The van der Waals surface area contributed by atoms with Gasteiger partial charge in [-0.25, -0.2) is 4.98 Å². The van der Waals surface area contributed by atoms with Gasteiger partial charge < -0.3 is 5.32 Å². The smallest absolute Gasteiger partial charge is 0.252 e. The molecule has 3 aromatic rings. The molecule has 0 unspecified atom stereocenters. The van der Waals surface area contributed by atoms with E-state index in [2.05, 4.69) is 51.2 Å². The number of hydrogen-bond donors (Lipinski definition) is 1. The molecular formula is C26H32N2O. The quantitative estimate of drug-likeness (QED) is 0.481. The average Bonchev–Trinajstić information content (AvgIpc) is 2.74. The fourth-order valence-corrected chi connectivity index (χ4v) is 3.69. The van der Waals surface area contributed by atoms with Gasteiger partial charge in [0.25, 0.3) is 5.91 Å². The van der Waals surface area contributed by atoms with Crippen LogP contribution in [0.3, 0.4) is 0 Å². The van der Waals surface area contributed by atoms with Crippen LogP contribution in [-0.4, -0.2) is 17.4 Å². The van der Waals surface area contributed by atoms with Gasteiger partial charge in [-0.15, -0.1) is 0 Å². The molecule has 1 N–H and O–H groups in total. The van der Waals surface area contributed by atoms with E-state index in [-0.39, 0.29) is 5.91 Å². The number of fused-ring (bicyclic) bond motifs is 1. The number of carbonyl (C=O) groups excluding carboxylic acids is 1. The number of unbranched alkanes of at least 4 members (excludes halogenated alkanes) is 1. The Labute approximate surface area is 174 Å². The second kappa shape index (κ2) is 9.69. The van der Waals surface area contributed by atoms with Gasteiger partial charge in [0.05, 0.1) is 16.8 Å². The lowest BCUT2D eigenvalue weighted by molar-refractivity contribution is 0.0947. The monoisotopic (exact) mass is 388 g/mol. The minimum absolute atomic E-state index is 0.0105. The minimum Gasteiger partial charge on any atom is -0.352 e. The van der Waals surface area contributed by atoms with Crippen molar-refractivity contribution in [1.82, 2.24) is 10.3 Å². The molecule has 2 aromatic carbocycles. The summed E-state index contributed by atoms with van der Waals surface area (Å²) in [6, 6.07) is 16.2. The van der Waals surface area contributed by atoms with Crippen LogP contribution < -0.4 is 5.32 Å². The molecule has 3 nitrogen and oxygen atoms in total. The Bertz CT molecular complexity index is 993. The number of amides is 1. The first-order valence-corrected chi connectivity index (χ1v) is 10.8. The topological polar surface area (TPSA) is 42.0 Å². The Hall–Kier alpha value is -2.68. The van der Waals surface area contributed by atoms with E-state index in [4.69, 9.17) is 4.98 Å². The molecule has 3 heteroatoms. The molecule has 0 aliphatic heterocycles. The fraction of sp³-hybridized carbons (Fsp3) is 0.385. The zero-order valence-electron chi connectivity index (χ0n) is 18.1. The molecule has 1 heterocycles. The van der Waals surface area contributed by atoms with E-state index in [1.54, 1.807) is 0 Å². The summed E-state index contributed by atoms with van der Waals surface area (Å²) in [7, 11) is 0. The highest BCUT2D eigenvalue weighted by atomic mass is 16.1. The van der Waals surface area contributed by atoms with Crippen molar-refractivity contribution >= 4 is 16.8 Å². The van der Waals surface area contributed by atoms with Gasteiger partial charge in [0, 0.05) is 17.5 Å². The Morgan fingerprint density at radius 1 is 1.03 bits per heavy atom. The molecule has 0 bridgehead atoms. The van der Waals surface area contributed by atoms with E-state index in [0.717, 1.165) is 41.5 Å². The van der Waals surface area contributed by atoms with Crippen molar-refractivity contribution in [2.24, 2.45) is 5.92 Å². The molecule has 1 amide bonds. The average molecular weight is 389 g/mol. The van der Waals surface area contributed by atoms with Crippen molar-refractivity contribution in [3.63, 3.8) is 0 Å². The normalized spacial score (nSPS) is 12.1. The van der Waals surface area contributed by atoms with Crippen LogP contribution in [0, 0.1) is 19.8 Å². The van der Waals surface area contributed by atoms with Crippen LogP contribution in [0.2, 0.25) is 0 Å². The summed E-state index contributed by atoms with van der Waals surface area (Å²) in [6.45, 7) is 9.35. The number of hydrogen-bond acceptors (Lipinski definition) is 2. The minimum atomic E-state index is -0.0105. The summed E-state index contributed by atoms with van der Waals surface area (Å²) in [6.07, 6.45) is 4.66. The molecular weight excluding hydrogens is 356 g/mol. The number of aromatic nitrogens is 1. The van der Waals surface area contributed by atoms with E-state index in [9.17, 15) is 4.79 Å². The van der Waals surface area contributed by atoms with Crippen molar-refractivity contribution in [2.75, 3.05) is 6.54 Å². The third-order valence-electron chi connectivity index (χ3n) is 5.86. The van der Waals surface area contributed by atoms with Crippen molar-refractivity contribution in [1.29, 1.82) is 0 Å². The lowest BCUT2D eigenvalue weighted by Crippen LogP contribution is -2.29. The fourth-order valence-electron chi connectivity index (χ4n) is 3.69. The van der Waals surface area contributed by atoms with Crippen molar-refractivity contribution < 1.29 is 4.79 Å². The van der Waals surface area contributed by atoms with Gasteiger partial charge in [-0.3, -0.25) is 4.79 Å². The Morgan fingerprint density at radius 3 is 2.55 bits per heavy atom. The van der Waals surface area contributed by atoms with E-state index < -0.39 is 0 Å². The number of carbonyl (C=O) groups is 1. The molecule has 3 rings (SSSR count). The third-order valence-corrected chi connectivity index (χ3v) is 5.86. The zero-order chi connectivity index (χ0) is 20.8. The highest BCUT2D eigenvalue weighted by Gasteiger charge is 2.15. The number of nitrogens with one attached hydrogen (secondary N) is 1. The van der Waals surface area contributed by atoms with Crippen LogP contribution in [0.5, 0.6) is 0 Å². The summed E-state index contributed by atoms with van der Waals surface area (Å²) >= 11 is 0. The number of para-hydroxylation sites is 1. The molecule has 0 aliphatic rings.